The minimum atomic E-state index is -4.76. The maximum absolute atomic E-state index is 13.0. The maximum Gasteiger partial charge on any atom is 0.403 e. The molecule has 0 aliphatic rings. The van der Waals surface area contributed by atoms with Crippen LogP contribution in [0.2, 0.25) is 0 Å². The van der Waals surface area contributed by atoms with E-state index in [1.54, 1.807) is 0 Å². The molecule has 16 heavy (non-hydrogen) atoms. The van der Waals surface area contributed by atoms with Crippen molar-refractivity contribution in [2.75, 3.05) is 0 Å². The Hall–Kier alpha value is -1.24. The third-order valence-electron chi connectivity index (χ3n) is 1.95. The van der Waals surface area contributed by atoms with Crippen molar-refractivity contribution < 1.29 is 26.3 Å². The second-order valence-corrected chi connectivity index (χ2v) is 3.20. The Balaban J connectivity index is 2.98. The van der Waals surface area contributed by atoms with E-state index in [4.69, 9.17) is 5.73 Å². The van der Waals surface area contributed by atoms with E-state index in [-0.39, 0.29) is 0 Å². The molecule has 1 rings (SSSR count). The average Bonchev–Trinajstić information content (AvgIpc) is 2.08. The van der Waals surface area contributed by atoms with Crippen molar-refractivity contribution in [1.29, 1.82) is 0 Å². The quantitative estimate of drug-likeness (QED) is 0.793. The van der Waals surface area contributed by atoms with Crippen molar-refractivity contribution in [3.8, 4) is 0 Å². The highest BCUT2D eigenvalue weighted by Gasteiger charge is 2.37. The Morgan fingerprint density at radius 3 is 1.88 bits per heavy atom. The van der Waals surface area contributed by atoms with Gasteiger partial charge >= 0.3 is 6.18 Å². The zero-order chi connectivity index (χ0) is 12.5. The molecular weight excluding hydrogens is 236 g/mol. The number of rotatable bonds is 2. The van der Waals surface area contributed by atoms with Gasteiger partial charge in [-0.25, -0.2) is 13.2 Å². The molecule has 7 heteroatoms. The molecule has 2 N–H and O–H groups in total. The third kappa shape index (κ3) is 2.88. The standard InChI is InChI=1S/C9H7F6N/c10-4-1-6(11)5(7(12)2-4)3-8(16)9(13,14)15/h1-2,8H,3,16H2. The molecular formula is C9H7F6N. The first-order chi connectivity index (χ1) is 7.21. The topological polar surface area (TPSA) is 26.0 Å². The number of hydrogen-bond acceptors (Lipinski definition) is 1. The van der Waals surface area contributed by atoms with Gasteiger partial charge in [-0.15, -0.1) is 0 Å². The maximum atomic E-state index is 13.0. The molecule has 0 spiro atoms. The van der Waals surface area contributed by atoms with Crippen molar-refractivity contribution >= 4 is 0 Å². The Bertz CT molecular complexity index is 363. The van der Waals surface area contributed by atoms with Gasteiger partial charge in [0.15, 0.2) is 0 Å². The fraction of sp³-hybridized carbons (Fsp3) is 0.333. The van der Waals surface area contributed by atoms with Crippen LogP contribution in [0.5, 0.6) is 0 Å². The molecule has 1 aromatic carbocycles. The van der Waals surface area contributed by atoms with Crippen LogP contribution in [0, 0.1) is 17.5 Å². The zero-order valence-corrected chi connectivity index (χ0v) is 7.78. The minimum Gasteiger partial charge on any atom is -0.320 e. The van der Waals surface area contributed by atoms with Crippen LogP contribution in [0.25, 0.3) is 0 Å². The number of hydrogen-bond donors (Lipinski definition) is 1. The van der Waals surface area contributed by atoms with Gasteiger partial charge in [-0.05, 0) is 0 Å². The first-order valence-electron chi connectivity index (χ1n) is 4.17. The summed E-state index contributed by atoms with van der Waals surface area (Å²) in [7, 11) is 0. The van der Waals surface area contributed by atoms with Gasteiger partial charge in [-0.1, -0.05) is 0 Å². The molecule has 0 aliphatic carbocycles. The summed E-state index contributed by atoms with van der Waals surface area (Å²) < 4.78 is 74.5. The normalized spacial score (nSPS) is 13.9. The summed E-state index contributed by atoms with van der Waals surface area (Å²) >= 11 is 0. The van der Waals surface area contributed by atoms with Crippen molar-refractivity contribution in [2.45, 2.75) is 18.6 Å². The lowest BCUT2D eigenvalue weighted by Crippen LogP contribution is -2.39. The van der Waals surface area contributed by atoms with Gasteiger partial charge in [0.2, 0.25) is 0 Å². The molecule has 1 unspecified atom stereocenters. The van der Waals surface area contributed by atoms with Crippen molar-refractivity contribution in [3.63, 3.8) is 0 Å². The molecule has 1 atom stereocenters. The van der Waals surface area contributed by atoms with Crippen LogP contribution >= 0.6 is 0 Å². The molecule has 0 heterocycles. The summed E-state index contributed by atoms with van der Waals surface area (Å²) in [5.41, 5.74) is 3.84. The van der Waals surface area contributed by atoms with Crippen molar-refractivity contribution in [2.24, 2.45) is 5.73 Å². The molecule has 0 bridgehead atoms. The van der Waals surface area contributed by atoms with Gasteiger partial charge in [0.05, 0.1) is 0 Å². The van der Waals surface area contributed by atoms with Crippen molar-refractivity contribution in [1.82, 2.24) is 0 Å². The highest BCUT2D eigenvalue weighted by atomic mass is 19.4. The van der Waals surface area contributed by atoms with Crippen LogP contribution in [-0.4, -0.2) is 12.2 Å². The Labute approximate surface area is 86.9 Å². The van der Waals surface area contributed by atoms with Crippen LogP contribution in [0.1, 0.15) is 5.56 Å². The molecule has 0 aliphatic heterocycles. The molecule has 0 saturated carbocycles. The largest absolute Gasteiger partial charge is 0.403 e. The van der Waals surface area contributed by atoms with Gasteiger partial charge in [-0.3, -0.25) is 0 Å². The summed E-state index contributed by atoms with van der Waals surface area (Å²) in [6.07, 6.45) is -5.82. The van der Waals surface area contributed by atoms with Crippen molar-refractivity contribution in [3.05, 3.63) is 35.1 Å². The Kier molecular flexibility index (Phi) is 3.47. The first kappa shape index (κ1) is 12.8. The molecule has 0 radical (unpaired) electrons. The first-order valence-corrected chi connectivity index (χ1v) is 4.17. The Morgan fingerprint density at radius 1 is 1.06 bits per heavy atom. The number of nitrogens with two attached hydrogens (primary N) is 1. The molecule has 0 fully saturated rings. The monoisotopic (exact) mass is 243 g/mol. The van der Waals surface area contributed by atoms with E-state index >= 15 is 0 Å². The summed E-state index contributed by atoms with van der Waals surface area (Å²) in [6, 6.07) is -1.77. The zero-order valence-electron chi connectivity index (χ0n) is 7.78. The molecule has 90 valence electrons. The number of alkyl halides is 3. The third-order valence-corrected chi connectivity index (χ3v) is 1.95. The molecule has 0 aromatic heterocycles. The van der Waals surface area contributed by atoms with E-state index in [0.717, 1.165) is 0 Å². The highest BCUT2D eigenvalue weighted by molar-refractivity contribution is 5.22. The van der Waals surface area contributed by atoms with E-state index in [9.17, 15) is 26.3 Å². The van der Waals surface area contributed by atoms with Gasteiger partial charge in [0, 0.05) is 24.1 Å². The lowest BCUT2D eigenvalue weighted by Gasteiger charge is -2.16. The lowest BCUT2D eigenvalue weighted by atomic mass is 10.0. The molecule has 0 amide bonds. The van der Waals surface area contributed by atoms with Crippen LogP contribution in [0.4, 0.5) is 26.3 Å². The van der Waals surface area contributed by atoms with Crippen LogP contribution in [0.15, 0.2) is 12.1 Å². The van der Waals surface area contributed by atoms with Gasteiger partial charge < -0.3 is 5.73 Å². The van der Waals surface area contributed by atoms with E-state index < -0.39 is 41.7 Å². The SMILES string of the molecule is NC(Cc1c(F)cc(F)cc1F)C(F)(F)F. The fourth-order valence-electron chi connectivity index (χ4n) is 1.10. The predicted octanol–water partition coefficient (Wildman–Crippen LogP) is 2.54. The highest BCUT2D eigenvalue weighted by Crippen LogP contribution is 2.24. The predicted molar refractivity (Wildman–Crippen MR) is 44.1 cm³/mol. The summed E-state index contributed by atoms with van der Waals surface area (Å²) in [5.74, 6) is -3.95. The fourth-order valence-corrected chi connectivity index (χ4v) is 1.10. The van der Waals surface area contributed by atoms with Gasteiger partial charge in [-0.2, -0.15) is 13.2 Å². The number of benzene rings is 1. The van der Waals surface area contributed by atoms with Crippen LogP contribution in [0.3, 0.4) is 0 Å². The van der Waals surface area contributed by atoms with E-state index in [1.165, 1.54) is 0 Å². The Morgan fingerprint density at radius 2 is 1.50 bits per heavy atom. The van der Waals surface area contributed by atoms with E-state index in [1.807, 2.05) is 0 Å². The van der Waals surface area contributed by atoms with E-state index in [0.29, 0.717) is 12.1 Å². The minimum absolute atomic E-state index is 0.307. The van der Waals surface area contributed by atoms with E-state index in [2.05, 4.69) is 0 Å². The lowest BCUT2D eigenvalue weighted by molar-refractivity contribution is -0.147. The summed E-state index contributed by atoms with van der Waals surface area (Å²) in [4.78, 5) is 0. The molecule has 1 nitrogen and oxygen atoms in total. The number of halogens is 6. The summed E-state index contributed by atoms with van der Waals surface area (Å²) in [6.45, 7) is 0. The smallest absolute Gasteiger partial charge is 0.320 e. The van der Waals surface area contributed by atoms with Crippen LogP contribution in [-0.2, 0) is 6.42 Å². The second kappa shape index (κ2) is 4.32. The molecule has 1 aromatic rings. The molecule has 0 saturated heterocycles. The van der Waals surface area contributed by atoms with Gasteiger partial charge in [0.1, 0.15) is 23.5 Å². The summed E-state index contributed by atoms with van der Waals surface area (Å²) in [5, 5.41) is 0. The second-order valence-electron chi connectivity index (χ2n) is 3.20. The van der Waals surface area contributed by atoms with Gasteiger partial charge in [0.25, 0.3) is 0 Å². The average molecular weight is 243 g/mol. The van der Waals surface area contributed by atoms with Crippen LogP contribution < -0.4 is 5.73 Å².